The van der Waals surface area contributed by atoms with Crippen LogP contribution in [0.3, 0.4) is 0 Å². The average molecular weight is 299 g/mol. The molecule has 5 heteroatoms. The zero-order valence-electron chi connectivity index (χ0n) is 11.3. The maximum absolute atomic E-state index is 12.9. The van der Waals surface area contributed by atoms with E-state index < -0.39 is 11.7 Å². The highest BCUT2D eigenvalue weighted by Gasteiger charge is 2.33. The third-order valence-electron chi connectivity index (χ3n) is 3.06. The van der Waals surface area contributed by atoms with E-state index in [4.69, 9.17) is 0 Å². The molecule has 1 unspecified atom stereocenters. The van der Waals surface area contributed by atoms with Crippen molar-refractivity contribution in [2.45, 2.75) is 32.5 Å². The molecule has 0 saturated carbocycles. The van der Waals surface area contributed by atoms with Crippen molar-refractivity contribution in [3.05, 3.63) is 51.7 Å². The fourth-order valence-electron chi connectivity index (χ4n) is 1.98. The summed E-state index contributed by atoms with van der Waals surface area (Å²) >= 11 is 1.63. The fraction of sp³-hybridized carbons (Fsp3) is 0.333. The highest BCUT2D eigenvalue weighted by atomic mass is 32.1. The topological polar surface area (TPSA) is 12.0 Å². The second kappa shape index (κ2) is 5.87. The van der Waals surface area contributed by atoms with Gasteiger partial charge in [-0.05, 0) is 37.6 Å². The number of hydrogen-bond acceptors (Lipinski definition) is 2. The van der Waals surface area contributed by atoms with Crippen molar-refractivity contribution in [3.8, 4) is 0 Å². The van der Waals surface area contributed by atoms with Crippen molar-refractivity contribution < 1.29 is 13.2 Å². The first-order valence-corrected chi connectivity index (χ1v) is 7.25. The monoisotopic (exact) mass is 299 g/mol. The van der Waals surface area contributed by atoms with E-state index in [1.54, 1.807) is 17.4 Å². The number of halogens is 3. The number of hydrogen-bond donors (Lipinski definition) is 1. The number of benzene rings is 1. The number of thiophene rings is 1. The molecule has 0 amide bonds. The predicted octanol–water partition coefficient (Wildman–Crippen LogP) is 5.50. The number of alkyl halides is 3. The van der Waals surface area contributed by atoms with Crippen LogP contribution >= 0.6 is 11.3 Å². The fourth-order valence-corrected chi connectivity index (χ4v) is 2.93. The third kappa shape index (κ3) is 3.33. The molecule has 0 fully saturated rings. The summed E-state index contributed by atoms with van der Waals surface area (Å²) in [7, 11) is 0. The Labute approximate surface area is 120 Å². The number of anilines is 1. The molecule has 0 aliphatic heterocycles. The minimum atomic E-state index is -4.34. The smallest absolute Gasteiger partial charge is 0.377 e. The van der Waals surface area contributed by atoms with Crippen molar-refractivity contribution in [1.82, 2.24) is 0 Å². The molecule has 1 heterocycles. The summed E-state index contributed by atoms with van der Waals surface area (Å²) in [5, 5.41) is 2.96. The van der Waals surface area contributed by atoms with Crippen LogP contribution in [0.25, 0.3) is 0 Å². The van der Waals surface area contributed by atoms with Crippen LogP contribution in [-0.4, -0.2) is 0 Å². The van der Waals surface area contributed by atoms with Crippen LogP contribution < -0.4 is 5.32 Å². The van der Waals surface area contributed by atoms with Gasteiger partial charge in [0.2, 0.25) is 0 Å². The van der Waals surface area contributed by atoms with Gasteiger partial charge in [-0.3, -0.25) is 0 Å². The van der Waals surface area contributed by atoms with Crippen LogP contribution in [-0.2, 0) is 12.6 Å². The summed E-state index contributed by atoms with van der Waals surface area (Å²) in [5.41, 5.74) is -0.502. The molecule has 0 aliphatic rings. The molecule has 0 saturated heterocycles. The van der Waals surface area contributed by atoms with Gasteiger partial charge in [0.25, 0.3) is 0 Å². The second-order valence-corrected chi connectivity index (χ2v) is 5.77. The number of rotatable bonds is 4. The largest absolute Gasteiger partial charge is 0.418 e. The number of nitrogens with one attached hydrogen (secondary N) is 1. The van der Waals surface area contributed by atoms with E-state index >= 15 is 0 Å². The average Bonchev–Trinajstić information content (AvgIpc) is 2.87. The summed E-state index contributed by atoms with van der Waals surface area (Å²) in [6.45, 7) is 3.94. The third-order valence-corrected chi connectivity index (χ3v) is 4.47. The molecule has 1 aromatic carbocycles. The summed E-state index contributed by atoms with van der Waals surface area (Å²) < 4.78 is 38.8. The highest BCUT2D eigenvalue weighted by Crippen LogP contribution is 2.36. The molecule has 108 valence electrons. The number of para-hydroxylation sites is 1. The molecule has 1 N–H and O–H groups in total. The van der Waals surface area contributed by atoms with E-state index in [0.717, 1.165) is 17.4 Å². The number of aryl methyl sites for hydroxylation is 1. The minimum absolute atomic E-state index is 0.124. The lowest BCUT2D eigenvalue weighted by atomic mass is 10.1. The molecule has 20 heavy (non-hydrogen) atoms. The Morgan fingerprint density at radius 3 is 2.45 bits per heavy atom. The van der Waals surface area contributed by atoms with Crippen molar-refractivity contribution in [3.63, 3.8) is 0 Å². The Hall–Kier alpha value is -1.49. The van der Waals surface area contributed by atoms with Crippen LogP contribution in [0.2, 0.25) is 0 Å². The highest BCUT2D eigenvalue weighted by molar-refractivity contribution is 7.12. The van der Waals surface area contributed by atoms with E-state index in [2.05, 4.69) is 12.2 Å². The lowest BCUT2D eigenvalue weighted by Crippen LogP contribution is -2.12. The van der Waals surface area contributed by atoms with E-state index in [9.17, 15) is 13.2 Å². The van der Waals surface area contributed by atoms with Crippen molar-refractivity contribution >= 4 is 17.0 Å². The summed E-state index contributed by atoms with van der Waals surface area (Å²) in [4.78, 5) is 2.27. The lowest BCUT2D eigenvalue weighted by Gasteiger charge is -2.18. The van der Waals surface area contributed by atoms with Gasteiger partial charge in [-0.25, -0.2) is 0 Å². The van der Waals surface area contributed by atoms with Crippen molar-refractivity contribution in [2.75, 3.05) is 5.32 Å². The Morgan fingerprint density at radius 2 is 1.85 bits per heavy atom. The minimum Gasteiger partial charge on any atom is -0.377 e. The zero-order chi connectivity index (χ0) is 14.8. The van der Waals surface area contributed by atoms with E-state index in [1.807, 2.05) is 19.1 Å². The Balaban J connectivity index is 2.21. The first-order chi connectivity index (χ1) is 9.41. The van der Waals surface area contributed by atoms with Gasteiger partial charge >= 0.3 is 6.18 Å². The standard InChI is InChI=1S/C15H16F3NS/c1-3-11-8-9-14(20-11)10(2)19-13-7-5-4-6-12(13)15(16,17)18/h4-10,19H,3H2,1-2H3. The maximum Gasteiger partial charge on any atom is 0.418 e. The van der Waals surface area contributed by atoms with E-state index in [-0.39, 0.29) is 11.7 Å². The normalized spacial score (nSPS) is 13.2. The van der Waals surface area contributed by atoms with Crippen LogP contribution in [0.15, 0.2) is 36.4 Å². The van der Waals surface area contributed by atoms with Crippen LogP contribution in [0.1, 0.15) is 35.2 Å². The molecule has 2 rings (SSSR count). The molecular formula is C15H16F3NS. The Morgan fingerprint density at radius 1 is 1.15 bits per heavy atom. The SMILES string of the molecule is CCc1ccc(C(C)Nc2ccccc2C(F)(F)F)s1. The van der Waals surface area contributed by atoms with Gasteiger partial charge in [0, 0.05) is 15.4 Å². The van der Waals surface area contributed by atoms with Gasteiger partial charge in [0.1, 0.15) is 0 Å². The summed E-state index contributed by atoms with van der Waals surface area (Å²) in [6.07, 6.45) is -3.40. The molecule has 0 spiro atoms. The van der Waals surface area contributed by atoms with Crippen molar-refractivity contribution in [2.24, 2.45) is 0 Å². The molecular weight excluding hydrogens is 283 g/mol. The Bertz CT molecular complexity index is 574. The zero-order valence-corrected chi connectivity index (χ0v) is 12.1. The molecule has 1 aromatic heterocycles. The molecule has 1 nitrogen and oxygen atoms in total. The van der Waals surface area contributed by atoms with Crippen LogP contribution in [0, 0.1) is 0 Å². The Kier molecular flexibility index (Phi) is 4.38. The molecule has 0 bridgehead atoms. The van der Waals surface area contributed by atoms with E-state index in [0.29, 0.717) is 0 Å². The molecule has 2 aromatic rings. The second-order valence-electron chi connectivity index (χ2n) is 4.57. The van der Waals surface area contributed by atoms with Gasteiger partial charge in [-0.15, -0.1) is 11.3 Å². The van der Waals surface area contributed by atoms with Crippen molar-refractivity contribution in [1.29, 1.82) is 0 Å². The molecule has 0 radical (unpaired) electrons. The molecule has 0 aliphatic carbocycles. The lowest BCUT2D eigenvalue weighted by molar-refractivity contribution is -0.137. The quantitative estimate of drug-likeness (QED) is 0.785. The van der Waals surface area contributed by atoms with Gasteiger partial charge in [-0.1, -0.05) is 19.1 Å². The van der Waals surface area contributed by atoms with Gasteiger partial charge < -0.3 is 5.32 Å². The summed E-state index contributed by atoms with van der Waals surface area (Å²) in [6, 6.07) is 9.42. The van der Waals surface area contributed by atoms with Gasteiger partial charge in [0.05, 0.1) is 11.6 Å². The van der Waals surface area contributed by atoms with Gasteiger partial charge in [0.15, 0.2) is 0 Å². The first-order valence-electron chi connectivity index (χ1n) is 6.43. The van der Waals surface area contributed by atoms with Crippen LogP contribution in [0.4, 0.5) is 18.9 Å². The summed E-state index contributed by atoms with van der Waals surface area (Å²) in [5.74, 6) is 0. The van der Waals surface area contributed by atoms with Gasteiger partial charge in [-0.2, -0.15) is 13.2 Å². The predicted molar refractivity (Wildman–Crippen MR) is 77.2 cm³/mol. The van der Waals surface area contributed by atoms with Crippen LogP contribution in [0.5, 0.6) is 0 Å². The van der Waals surface area contributed by atoms with E-state index in [1.165, 1.54) is 17.0 Å². The maximum atomic E-state index is 12.9. The molecule has 1 atom stereocenters. The first kappa shape index (κ1) is 14.9.